The number of thiazole rings is 1. The van der Waals surface area contributed by atoms with Crippen molar-refractivity contribution in [3.63, 3.8) is 0 Å². The summed E-state index contributed by atoms with van der Waals surface area (Å²) in [4.78, 5) is 22.3. The van der Waals surface area contributed by atoms with Gasteiger partial charge in [0, 0.05) is 36.5 Å². The summed E-state index contributed by atoms with van der Waals surface area (Å²) >= 11 is 1.75. The topological polar surface area (TPSA) is 78.4 Å². The lowest BCUT2D eigenvalue weighted by Gasteiger charge is -2.10. The predicted octanol–water partition coefficient (Wildman–Crippen LogP) is 3.43. The van der Waals surface area contributed by atoms with Gasteiger partial charge >= 0.3 is 0 Å². The fraction of sp³-hybridized carbons (Fsp3) is 0.450. The average molecular weight is 515 g/mol. The van der Waals surface area contributed by atoms with Gasteiger partial charge in [-0.1, -0.05) is 12.1 Å². The first-order chi connectivity index (χ1) is 13.0. The van der Waals surface area contributed by atoms with Crippen LogP contribution in [0, 0.1) is 13.8 Å². The van der Waals surface area contributed by atoms with Crippen LogP contribution in [-0.4, -0.2) is 36.5 Å². The van der Waals surface area contributed by atoms with Crippen molar-refractivity contribution in [2.45, 2.75) is 40.7 Å². The van der Waals surface area contributed by atoms with Crippen LogP contribution in [0.4, 0.5) is 0 Å². The standard InChI is InChI=1S/C20H29N5OS.HI/c1-5-21-19(26)17-9-7-16(8-10-17)13-24-20(22-6-2)23-12-11-18-25-14(3)15(4)27-18;/h7-10H,5-6,11-13H2,1-4H3,(H,21,26)(H2,22,23,24);1H. The zero-order valence-electron chi connectivity index (χ0n) is 17.0. The molecule has 0 unspecified atom stereocenters. The quantitative estimate of drug-likeness (QED) is 0.286. The number of aliphatic imine (C=N–C) groups is 1. The smallest absolute Gasteiger partial charge is 0.251 e. The Kier molecular flexibility index (Phi) is 11.1. The second kappa shape index (κ2) is 12.7. The SMILES string of the molecule is CCNC(=O)c1ccc(CN=C(NCC)NCCc2nc(C)c(C)s2)cc1.I. The molecule has 8 heteroatoms. The number of halogens is 1. The summed E-state index contributed by atoms with van der Waals surface area (Å²) in [7, 11) is 0. The van der Waals surface area contributed by atoms with Crippen molar-refractivity contribution in [1.82, 2.24) is 20.9 Å². The molecule has 2 rings (SSSR count). The number of nitrogens with zero attached hydrogens (tertiary/aromatic N) is 2. The molecule has 0 bridgehead atoms. The van der Waals surface area contributed by atoms with Gasteiger partial charge in [-0.15, -0.1) is 35.3 Å². The average Bonchev–Trinajstić information content (AvgIpc) is 2.98. The number of amides is 1. The normalized spacial score (nSPS) is 10.9. The van der Waals surface area contributed by atoms with E-state index in [1.807, 2.05) is 45.0 Å². The third kappa shape index (κ3) is 7.75. The van der Waals surface area contributed by atoms with Crippen LogP contribution in [0.25, 0.3) is 0 Å². The highest BCUT2D eigenvalue weighted by Crippen LogP contribution is 2.16. The van der Waals surface area contributed by atoms with Gasteiger partial charge in [0.25, 0.3) is 5.91 Å². The van der Waals surface area contributed by atoms with Crippen molar-refractivity contribution in [3.05, 3.63) is 51.0 Å². The second-order valence-electron chi connectivity index (χ2n) is 6.18. The van der Waals surface area contributed by atoms with Gasteiger partial charge in [-0.25, -0.2) is 9.98 Å². The highest BCUT2D eigenvalue weighted by atomic mass is 127. The molecule has 0 saturated carbocycles. The third-order valence-corrected chi connectivity index (χ3v) is 5.15. The van der Waals surface area contributed by atoms with E-state index in [0.29, 0.717) is 18.7 Å². The fourth-order valence-electron chi connectivity index (χ4n) is 2.47. The second-order valence-corrected chi connectivity index (χ2v) is 7.47. The Hall–Kier alpha value is -1.68. The number of rotatable bonds is 8. The molecular weight excluding hydrogens is 485 g/mol. The monoisotopic (exact) mass is 515 g/mol. The van der Waals surface area contributed by atoms with E-state index in [2.05, 4.69) is 32.9 Å². The Balaban J connectivity index is 0.00000392. The maximum atomic E-state index is 11.8. The van der Waals surface area contributed by atoms with E-state index in [0.717, 1.165) is 41.7 Å². The largest absolute Gasteiger partial charge is 0.357 e. The van der Waals surface area contributed by atoms with Crippen LogP contribution in [-0.2, 0) is 13.0 Å². The number of carbonyl (C=O) groups excluding carboxylic acids is 1. The summed E-state index contributed by atoms with van der Waals surface area (Å²) in [6.07, 6.45) is 0.880. The van der Waals surface area contributed by atoms with Crippen LogP contribution in [0.1, 0.15) is 45.3 Å². The lowest BCUT2D eigenvalue weighted by Crippen LogP contribution is -2.38. The summed E-state index contributed by atoms with van der Waals surface area (Å²) in [6.45, 7) is 10.9. The van der Waals surface area contributed by atoms with E-state index < -0.39 is 0 Å². The number of hydrogen-bond donors (Lipinski definition) is 3. The Morgan fingerprint density at radius 2 is 1.75 bits per heavy atom. The molecule has 0 aliphatic carbocycles. The van der Waals surface area contributed by atoms with Crippen LogP contribution in [0.15, 0.2) is 29.3 Å². The highest BCUT2D eigenvalue weighted by molar-refractivity contribution is 14.0. The Morgan fingerprint density at radius 3 is 2.32 bits per heavy atom. The molecule has 28 heavy (non-hydrogen) atoms. The van der Waals surface area contributed by atoms with Gasteiger partial charge in [-0.3, -0.25) is 4.79 Å². The third-order valence-electron chi connectivity index (χ3n) is 4.02. The van der Waals surface area contributed by atoms with Crippen LogP contribution in [0.5, 0.6) is 0 Å². The number of carbonyl (C=O) groups is 1. The molecule has 6 nitrogen and oxygen atoms in total. The Morgan fingerprint density at radius 1 is 1.07 bits per heavy atom. The maximum absolute atomic E-state index is 11.8. The van der Waals surface area contributed by atoms with E-state index in [4.69, 9.17) is 0 Å². The minimum Gasteiger partial charge on any atom is -0.357 e. The summed E-state index contributed by atoms with van der Waals surface area (Å²) in [6, 6.07) is 7.56. The number of hydrogen-bond acceptors (Lipinski definition) is 4. The minimum absolute atomic E-state index is 0. The van der Waals surface area contributed by atoms with Gasteiger partial charge in [0.1, 0.15) is 0 Å². The summed E-state index contributed by atoms with van der Waals surface area (Å²) in [5.41, 5.74) is 2.85. The minimum atomic E-state index is -0.0461. The zero-order valence-corrected chi connectivity index (χ0v) is 20.1. The van der Waals surface area contributed by atoms with Crippen molar-refractivity contribution in [3.8, 4) is 0 Å². The summed E-state index contributed by atoms with van der Waals surface area (Å²) < 4.78 is 0. The lowest BCUT2D eigenvalue weighted by molar-refractivity contribution is 0.0956. The molecule has 1 amide bonds. The van der Waals surface area contributed by atoms with E-state index in [1.165, 1.54) is 4.88 Å². The first-order valence-corrected chi connectivity index (χ1v) is 10.2. The molecular formula is C20H30IN5OS. The van der Waals surface area contributed by atoms with Crippen LogP contribution < -0.4 is 16.0 Å². The zero-order chi connectivity index (χ0) is 19.6. The summed E-state index contributed by atoms with van der Waals surface area (Å²) in [5.74, 6) is 0.741. The van der Waals surface area contributed by atoms with Gasteiger partial charge in [-0.2, -0.15) is 0 Å². The van der Waals surface area contributed by atoms with Crippen molar-refractivity contribution < 1.29 is 4.79 Å². The van der Waals surface area contributed by atoms with Gasteiger partial charge < -0.3 is 16.0 Å². The van der Waals surface area contributed by atoms with Crippen molar-refractivity contribution in [2.24, 2.45) is 4.99 Å². The molecule has 0 fully saturated rings. The molecule has 0 aliphatic rings. The highest BCUT2D eigenvalue weighted by Gasteiger charge is 2.05. The predicted molar refractivity (Wildman–Crippen MR) is 128 cm³/mol. The van der Waals surface area contributed by atoms with Crippen molar-refractivity contribution >= 4 is 47.2 Å². The molecule has 3 N–H and O–H groups in total. The molecule has 0 aliphatic heterocycles. The number of guanidine groups is 1. The first kappa shape index (κ1) is 24.4. The van der Waals surface area contributed by atoms with Crippen LogP contribution >= 0.6 is 35.3 Å². The Bertz CT molecular complexity index is 754. The van der Waals surface area contributed by atoms with Gasteiger partial charge in [-0.05, 0) is 45.4 Å². The number of benzene rings is 1. The molecule has 1 aromatic heterocycles. The molecule has 154 valence electrons. The van der Waals surface area contributed by atoms with Crippen molar-refractivity contribution in [1.29, 1.82) is 0 Å². The number of aromatic nitrogens is 1. The lowest BCUT2D eigenvalue weighted by atomic mass is 10.1. The molecule has 0 saturated heterocycles. The first-order valence-electron chi connectivity index (χ1n) is 9.35. The molecule has 2 aromatic rings. The molecule has 1 heterocycles. The maximum Gasteiger partial charge on any atom is 0.251 e. The van der Waals surface area contributed by atoms with Gasteiger partial charge in [0.2, 0.25) is 0 Å². The van der Waals surface area contributed by atoms with Gasteiger partial charge in [0.15, 0.2) is 5.96 Å². The Labute approximate surface area is 188 Å². The van der Waals surface area contributed by atoms with E-state index in [-0.39, 0.29) is 29.9 Å². The van der Waals surface area contributed by atoms with Crippen LogP contribution in [0.2, 0.25) is 0 Å². The van der Waals surface area contributed by atoms with Gasteiger partial charge in [0.05, 0.1) is 17.2 Å². The fourth-order valence-corrected chi connectivity index (χ4v) is 3.40. The molecule has 0 radical (unpaired) electrons. The summed E-state index contributed by atoms with van der Waals surface area (Å²) in [5, 5.41) is 10.6. The van der Waals surface area contributed by atoms with Crippen LogP contribution in [0.3, 0.4) is 0 Å². The van der Waals surface area contributed by atoms with E-state index >= 15 is 0 Å². The van der Waals surface area contributed by atoms with E-state index in [9.17, 15) is 4.79 Å². The van der Waals surface area contributed by atoms with E-state index in [1.54, 1.807) is 11.3 Å². The molecule has 0 spiro atoms. The van der Waals surface area contributed by atoms with Crippen molar-refractivity contribution in [2.75, 3.05) is 19.6 Å². The number of aryl methyl sites for hydroxylation is 2. The number of nitrogens with one attached hydrogen (secondary N) is 3. The molecule has 1 aromatic carbocycles. The molecule has 0 atom stereocenters.